The Hall–Kier alpha value is -1.10. The van der Waals surface area contributed by atoms with Gasteiger partial charge in [0.25, 0.3) is 0 Å². The lowest BCUT2D eigenvalue weighted by Gasteiger charge is -2.12. The molecule has 0 saturated heterocycles. The Bertz CT molecular complexity index is 253. The average molecular weight is 198 g/mol. The van der Waals surface area contributed by atoms with Crippen LogP contribution in [0, 0.1) is 0 Å². The summed E-state index contributed by atoms with van der Waals surface area (Å²) >= 11 is 0. The lowest BCUT2D eigenvalue weighted by atomic mass is 10.2. The Morgan fingerprint density at radius 2 is 1.64 bits per heavy atom. The highest BCUT2D eigenvalue weighted by molar-refractivity contribution is 5.25. The van der Waals surface area contributed by atoms with E-state index in [9.17, 15) is 0 Å². The number of aliphatic hydroxyl groups excluding tert-OH is 2. The van der Waals surface area contributed by atoms with Gasteiger partial charge in [0.1, 0.15) is 11.9 Å². The fourth-order valence-electron chi connectivity index (χ4n) is 0.969. The molecule has 0 amide bonds. The van der Waals surface area contributed by atoms with E-state index < -0.39 is 6.10 Å². The predicted octanol–water partition coefficient (Wildman–Crippen LogP) is 0.262. The number of aliphatic hydroxyl groups is 2. The number of phenols is 1. The van der Waals surface area contributed by atoms with Crippen LogP contribution in [-0.2, 0) is 11.3 Å². The van der Waals surface area contributed by atoms with Crippen LogP contribution < -0.4 is 0 Å². The Balaban J connectivity index is 2.41. The summed E-state index contributed by atoms with van der Waals surface area (Å²) < 4.78 is 5.18. The van der Waals surface area contributed by atoms with E-state index in [1.807, 2.05) is 0 Å². The normalized spacial score (nSPS) is 10.8. The van der Waals surface area contributed by atoms with Gasteiger partial charge in [0.05, 0.1) is 19.8 Å². The standard InChI is InChI=1S/C10H14O4/c11-5-10(6-12)14-7-8-1-3-9(13)4-2-8/h1-4,10-13H,5-7H2. The van der Waals surface area contributed by atoms with Crippen molar-refractivity contribution in [2.24, 2.45) is 0 Å². The molecular formula is C10H14O4. The molecule has 1 aromatic rings. The van der Waals surface area contributed by atoms with E-state index in [0.29, 0.717) is 6.61 Å². The van der Waals surface area contributed by atoms with Gasteiger partial charge in [0.2, 0.25) is 0 Å². The minimum atomic E-state index is -0.538. The number of aromatic hydroxyl groups is 1. The Labute approximate surface area is 82.4 Å². The summed E-state index contributed by atoms with van der Waals surface area (Å²) in [5, 5.41) is 26.5. The van der Waals surface area contributed by atoms with Crippen molar-refractivity contribution < 1.29 is 20.1 Å². The molecule has 0 aliphatic heterocycles. The van der Waals surface area contributed by atoms with Gasteiger partial charge in [-0.2, -0.15) is 0 Å². The molecule has 0 unspecified atom stereocenters. The second-order valence-electron chi connectivity index (χ2n) is 2.96. The SMILES string of the molecule is OCC(CO)OCc1ccc(O)cc1. The zero-order chi connectivity index (χ0) is 10.4. The van der Waals surface area contributed by atoms with Crippen molar-refractivity contribution in [3.63, 3.8) is 0 Å². The highest BCUT2D eigenvalue weighted by Gasteiger charge is 2.05. The molecule has 1 rings (SSSR count). The summed E-state index contributed by atoms with van der Waals surface area (Å²) in [4.78, 5) is 0. The summed E-state index contributed by atoms with van der Waals surface area (Å²) in [6.45, 7) is -0.0881. The maximum absolute atomic E-state index is 9.01. The highest BCUT2D eigenvalue weighted by atomic mass is 16.5. The summed E-state index contributed by atoms with van der Waals surface area (Å²) in [5.41, 5.74) is 0.884. The molecule has 3 N–H and O–H groups in total. The van der Waals surface area contributed by atoms with Gasteiger partial charge >= 0.3 is 0 Å². The minimum absolute atomic E-state index is 0.200. The Kier molecular flexibility index (Phi) is 4.39. The van der Waals surface area contributed by atoms with Crippen LogP contribution in [0.4, 0.5) is 0 Å². The van der Waals surface area contributed by atoms with Crippen LogP contribution >= 0.6 is 0 Å². The summed E-state index contributed by atoms with van der Waals surface area (Å²) in [5.74, 6) is 0.203. The zero-order valence-corrected chi connectivity index (χ0v) is 7.76. The van der Waals surface area contributed by atoms with Gasteiger partial charge in [-0.05, 0) is 17.7 Å². The van der Waals surface area contributed by atoms with E-state index in [1.165, 1.54) is 0 Å². The van der Waals surface area contributed by atoms with Crippen molar-refractivity contribution in [2.75, 3.05) is 13.2 Å². The molecular weight excluding hydrogens is 184 g/mol. The van der Waals surface area contributed by atoms with Gasteiger partial charge in [-0.3, -0.25) is 0 Å². The van der Waals surface area contributed by atoms with Crippen LogP contribution in [0.2, 0.25) is 0 Å². The van der Waals surface area contributed by atoms with Crippen LogP contribution in [0.15, 0.2) is 24.3 Å². The maximum Gasteiger partial charge on any atom is 0.115 e. The number of hydrogen-bond donors (Lipinski definition) is 3. The van der Waals surface area contributed by atoms with Crippen LogP contribution in [0.3, 0.4) is 0 Å². The largest absolute Gasteiger partial charge is 0.508 e. The third-order valence-corrected chi connectivity index (χ3v) is 1.83. The summed E-state index contributed by atoms with van der Waals surface area (Å²) in [6.07, 6.45) is -0.538. The van der Waals surface area contributed by atoms with Gasteiger partial charge < -0.3 is 20.1 Å². The fraction of sp³-hybridized carbons (Fsp3) is 0.400. The number of rotatable bonds is 5. The first kappa shape index (κ1) is 11.0. The third-order valence-electron chi connectivity index (χ3n) is 1.83. The first-order valence-corrected chi connectivity index (χ1v) is 4.37. The lowest BCUT2D eigenvalue weighted by molar-refractivity contribution is -0.0284. The average Bonchev–Trinajstić information content (AvgIpc) is 2.22. The number of phenolic OH excluding ortho intramolecular Hbond substituents is 1. The summed E-state index contributed by atoms with van der Waals surface area (Å²) in [6, 6.07) is 6.57. The van der Waals surface area contributed by atoms with E-state index in [2.05, 4.69) is 0 Å². The van der Waals surface area contributed by atoms with Gasteiger partial charge in [-0.1, -0.05) is 12.1 Å². The van der Waals surface area contributed by atoms with Crippen LogP contribution in [0.5, 0.6) is 5.75 Å². The molecule has 1 aromatic carbocycles. The molecule has 78 valence electrons. The van der Waals surface area contributed by atoms with Crippen molar-refractivity contribution in [2.45, 2.75) is 12.7 Å². The third kappa shape index (κ3) is 3.33. The van der Waals surface area contributed by atoms with Gasteiger partial charge in [-0.25, -0.2) is 0 Å². The maximum atomic E-state index is 9.01. The molecule has 0 heterocycles. The first-order chi connectivity index (χ1) is 6.76. The minimum Gasteiger partial charge on any atom is -0.508 e. The Morgan fingerprint density at radius 1 is 1.07 bits per heavy atom. The fourth-order valence-corrected chi connectivity index (χ4v) is 0.969. The van der Waals surface area contributed by atoms with Crippen molar-refractivity contribution in [3.8, 4) is 5.75 Å². The topological polar surface area (TPSA) is 69.9 Å². The number of ether oxygens (including phenoxy) is 1. The van der Waals surface area contributed by atoms with Crippen molar-refractivity contribution in [3.05, 3.63) is 29.8 Å². The number of benzene rings is 1. The molecule has 0 fully saturated rings. The molecule has 4 nitrogen and oxygen atoms in total. The second-order valence-corrected chi connectivity index (χ2v) is 2.96. The molecule has 0 aliphatic rings. The van der Waals surface area contributed by atoms with E-state index in [-0.39, 0.29) is 19.0 Å². The Morgan fingerprint density at radius 3 is 2.14 bits per heavy atom. The second kappa shape index (κ2) is 5.59. The lowest BCUT2D eigenvalue weighted by Crippen LogP contribution is -2.21. The highest BCUT2D eigenvalue weighted by Crippen LogP contribution is 2.10. The molecule has 0 radical (unpaired) electrons. The van der Waals surface area contributed by atoms with Crippen LogP contribution in [-0.4, -0.2) is 34.6 Å². The zero-order valence-electron chi connectivity index (χ0n) is 7.76. The number of hydrogen-bond acceptors (Lipinski definition) is 4. The van der Waals surface area contributed by atoms with E-state index >= 15 is 0 Å². The molecule has 4 heteroatoms. The predicted molar refractivity (Wildman–Crippen MR) is 50.9 cm³/mol. The van der Waals surface area contributed by atoms with Gasteiger partial charge in [0.15, 0.2) is 0 Å². The van der Waals surface area contributed by atoms with Crippen LogP contribution in [0.25, 0.3) is 0 Å². The molecule has 0 spiro atoms. The van der Waals surface area contributed by atoms with Crippen LogP contribution in [0.1, 0.15) is 5.56 Å². The van der Waals surface area contributed by atoms with Crippen molar-refractivity contribution >= 4 is 0 Å². The molecule has 0 saturated carbocycles. The summed E-state index contributed by atoms with van der Waals surface area (Å²) in [7, 11) is 0. The smallest absolute Gasteiger partial charge is 0.115 e. The quantitative estimate of drug-likeness (QED) is 0.634. The van der Waals surface area contributed by atoms with Crippen molar-refractivity contribution in [1.82, 2.24) is 0 Å². The van der Waals surface area contributed by atoms with Gasteiger partial charge in [-0.15, -0.1) is 0 Å². The molecule has 0 aliphatic carbocycles. The monoisotopic (exact) mass is 198 g/mol. The molecule has 0 atom stereocenters. The van der Waals surface area contributed by atoms with Crippen molar-refractivity contribution in [1.29, 1.82) is 0 Å². The molecule has 0 bridgehead atoms. The molecule has 14 heavy (non-hydrogen) atoms. The molecule has 0 aromatic heterocycles. The van der Waals surface area contributed by atoms with E-state index in [1.54, 1.807) is 24.3 Å². The first-order valence-electron chi connectivity index (χ1n) is 4.37. The van der Waals surface area contributed by atoms with E-state index in [0.717, 1.165) is 5.56 Å². The van der Waals surface area contributed by atoms with Gasteiger partial charge in [0, 0.05) is 0 Å². The van der Waals surface area contributed by atoms with E-state index in [4.69, 9.17) is 20.1 Å².